The molecule has 0 amide bonds. The van der Waals surface area contributed by atoms with Crippen molar-refractivity contribution < 1.29 is 5.11 Å². The van der Waals surface area contributed by atoms with Gasteiger partial charge < -0.3 is 5.11 Å². The fourth-order valence-electron chi connectivity index (χ4n) is 0.784. The molecule has 5 heteroatoms. The SMILES string of the molecule is CC(CSCCO)CSCCN=O. The molecule has 1 unspecified atom stereocenters. The Bertz CT molecular complexity index is 125. The van der Waals surface area contributed by atoms with Crippen molar-refractivity contribution in [3.63, 3.8) is 0 Å². The van der Waals surface area contributed by atoms with Crippen molar-refractivity contribution in [3.8, 4) is 0 Å². The van der Waals surface area contributed by atoms with Gasteiger partial charge in [0, 0.05) is 11.5 Å². The summed E-state index contributed by atoms with van der Waals surface area (Å²) < 4.78 is 0. The zero-order valence-corrected chi connectivity index (χ0v) is 9.57. The van der Waals surface area contributed by atoms with Crippen LogP contribution in [-0.2, 0) is 0 Å². The summed E-state index contributed by atoms with van der Waals surface area (Å²) in [5, 5.41) is 11.4. The first-order chi connectivity index (χ1) is 6.31. The quantitative estimate of drug-likeness (QED) is 0.479. The van der Waals surface area contributed by atoms with E-state index in [1.54, 1.807) is 23.5 Å². The van der Waals surface area contributed by atoms with Crippen LogP contribution in [0.5, 0.6) is 0 Å². The molecule has 78 valence electrons. The molecule has 1 atom stereocenters. The second kappa shape index (κ2) is 10.3. The molecule has 0 rings (SSSR count). The second-order valence-electron chi connectivity index (χ2n) is 2.83. The molecule has 0 saturated carbocycles. The van der Waals surface area contributed by atoms with Gasteiger partial charge in [-0.25, -0.2) is 0 Å². The van der Waals surface area contributed by atoms with Gasteiger partial charge in [0.15, 0.2) is 0 Å². The summed E-state index contributed by atoms with van der Waals surface area (Å²) in [7, 11) is 0. The molecule has 0 bridgehead atoms. The molecular weight excluding hydrogens is 206 g/mol. The lowest BCUT2D eigenvalue weighted by atomic mass is 10.3. The molecule has 0 aromatic carbocycles. The summed E-state index contributed by atoms with van der Waals surface area (Å²) in [5.74, 6) is 4.47. The molecule has 0 aliphatic carbocycles. The Kier molecular flexibility index (Phi) is 10.5. The molecule has 0 fully saturated rings. The topological polar surface area (TPSA) is 49.7 Å². The third-order valence-corrected chi connectivity index (χ3v) is 3.92. The number of aliphatic hydroxyl groups excluding tert-OH is 1. The number of nitroso groups, excluding NO2 is 1. The van der Waals surface area contributed by atoms with Crippen LogP contribution in [0.2, 0.25) is 0 Å². The molecule has 0 aromatic rings. The highest BCUT2D eigenvalue weighted by atomic mass is 32.2. The van der Waals surface area contributed by atoms with E-state index in [0.717, 1.165) is 23.0 Å². The minimum absolute atomic E-state index is 0.263. The molecule has 0 heterocycles. The average Bonchev–Trinajstić information content (AvgIpc) is 2.13. The lowest BCUT2D eigenvalue weighted by molar-refractivity contribution is 0.322. The third-order valence-electron chi connectivity index (χ3n) is 1.37. The van der Waals surface area contributed by atoms with Crippen LogP contribution < -0.4 is 0 Å². The second-order valence-corrected chi connectivity index (χ2v) is 5.13. The van der Waals surface area contributed by atoms with Crippen molar-refractivity contribution >= 4 is 23.5 Å². The van der Waals surface area contributed by atoms with Crippen LogP contribution in [-0.4, -0.2) is 41.3 Å². The van der Waals surface area contributed by atoms with Gasteiger partial charge in [-0.05, 0) is 17.4 Å². The molecule has 0 aliphatic heterocycles. The van der Waals surface area contributed by atoms with E-state index in [-0.39, 0.29) is 6.61 Å². The number of hydrogen-bond donors (Lipinski definition) is 1. The smallest absolute Gasteiger partial charge is 0.0901 e. The van der Waals surface area contributed by atoms with E-state index >= 15 is 0 Å². The zero-order valence-electron chi connectivity index (χ0n) is 7.94. The first-order valence-electron chi connectivity index (χ1n) is 4.36. The maximum atomic E-state index is 9.77. The van der Waals surface area contributed by atoms with Crippen LogP contribution in [0.4, 0.5) is 0 Å². The molecule has 0 radical (unpaired) electrons. The van der Waals surface area contributed by atoms with Gasteiger partial charge in [-0.3, -0.25) is 0 Å². The van der Waals surface area contributed by atoms with Crippen LogP contribution in [0.15, 0.2) is 5.18 Å². The van der Waals surface area contributed by atoms with E-state index in [2.05, 4.69) is 12.1 Å². The maximum Gasteiger partial charge on any atom is 0.0901 e. The Balaban J connectivity index is 3.09. The van der Waals surface area contributed by atoms with Gasteiger partial charge in [-0.2, -0.15) is 28.4 Å². The molecular formula is C8H17NO2S2. The van der Waals surface area contributed by atoms with E-state index < -0.39 is 0 Å². The zero-order chi connectivity index (χ0) is 9.94. The molecule has 0 aromatic heterocycles. The number of hydrogen-bond acceptors (Lipinski definition) is 5. The Hall–Kier alpha value is 0.260. The third kappa shape index (κ3) is 10.2. The first-order valence-corrected chi connectivity index (χ1v) is 6.67. The number of aliphatic hydroxyl groups is 1. The summed E-state index contributed by atoms with van der Waals surface area (Å²) in [6.45, 7) is 2.87. The summed E-state index contributed by atoms with van der Waals surface area (Å²) in [5.41, 5.74) is 0. The van der Waals surface area contributed by atoms with E-state index in [1.165, 1.54) is 0 Å². The summed E-state index contributed by atoms with van der Waals surface area (Å²) in [4.78, 5) is 9.77. The minimum Gasteiger partial charge on any atom is -0.396 e. The van der Waals surface area contributed by atoms with Gasteiger partial charge in [0.1, 0.15) is 0 Å². The fraction of sp³-hybridized carbons (Fsp3) is 1.00. The molecule has 0 saturated heterocycles. The van der Waals surface area contributed by atoms with Crippen molar-refractivity contribution in [1.82, 2.24) is 0 Å². The molecule has 3 nitrogen and oxygen atoms in total. The van der Waals surface area contributed by atoms with E-state index in [1.807, 2.05) is 0 Å². The Morgan fingerprint density at radius 2 is 1.92 bits per heavy atom. The number of rotatable bonds is 9. The molecule has 0 aliphatic rings. The molecule has 1 N–H and O–H groups in total. The minimum atomic E-state index is 0.263. The van der Waals surface area contributed by atoms with Crippen LogP contribution in [0.25, 0.3) is 0 Å². The Morgan fingerprint density at radius 3 is 2.46 bits per heavy atom. The average molecular weight is 223 g/mol. The van der Waals surface area contributed by atoms with Gasteiger partial charge in [0.05, 0.1) is 13.2 Å². The Morgan fingerprint density at radius 1 is 1.31 bits per heavy atom. The predicted molar refractivity (Wildman–Crippen MR) is 61.6 cm³/mol. The van der Waals surface area contributed by atoms with Crippen molar-refractivity contribution in [2.75, 3.05) is 36.2 Å². The van der Waals surface area contributed by atoms with E-state index in [0.29, 0.717) is 12.5 Å². The maximum absolute atomic E-state index is 9.77. The predicted octanol–water partition coefficient (Wildman–Crippen LogP) is 1.85. The lowest BCUT2D eigenvalue weighted by Crippen LogP contribution is -2.04. The highest BCUT2D eigenvalue weighted by Gasteiger charge is 2.01. The summed E-state index contributed by atoms with van der Waals surface area (Å²) in [6.07, 6.45) is 0. The summed E-state index contributed by atoms with van der Waals surface area (Å²) in [6, 6.07) is 0. The number of nitrogens with zero attached hydrogens (tertiary/aromatic N) is 1. The van der Waals surface area contributed by atoms with Crippen molar-refractivity contribution in [3.05, 3.63) is 4.91 Å². The molecule has 13 heavy (non-hydrogen) atoms. The monoisotopic (exact) mass is 223 g/mol. The lowest BCUT2D eigenvalue weighted by Gasteiger charge is -2.08. The highest BCUT2D eigenvalue weighted by molar-refractivity contribution is 8.00. The van der Waals surface area contributed by atoms with Gasteiger partial charge in [0.25, 0.3) is 0 Å². The fourth-order valence-corrected chi connectivity index (χ4v) is 2.64. The van der Waals surface area contributed by atoms with Crippen LogP contribution in [0.3, 0.4) is 0 Å². The van der Waals surface area contributed by atoms with Gasteiger partial charge in [-0.1, -0.05) is 12.1 Å². The highest BCUT2D eigenvalue weighted by Crippen LogP contribution is 2.13. The summed E-state index contributed by atoms with van der Waals surface area (Å²) >= 11 is 3.55. The number of thioether (sulfide) groups is 2. The van der Waals surface area contributed by atoms with Gasteiger partial charge in [-0.15, -0.1) is 0 Å². The normalized spacial score (nSPS) is 12.8. The van der Waals surface area contributed by atoms with Crippen molar-refractivity contribution in [2.45, 2.75) is 6.92 Å². The van der Waals surface area contributed by atoms with Crippen molar-refractivity contribution in [2.24, 2.45) is 11.1 Å². The largest absolute Gasteiger partial charge is 0.396 e. The van der Waals surface area contributed by atoms with Crippen LogP contribution >= 0.6 is 23.5 Å². The van der Waals surface area contributed by atoms with Gasteiger partial charge in [0.2, 0.25) is 0 Å². The van der Waals surface area contributed by atoms with E-state index in [9.17, 15) is 4.91 Å². The Labute approximate surface area is 88.0 Å². The van der Waals surface area contributed by atoms with Crippen molar-refractivity contribution in [1.29, 1.82) is 0 Å². The standard InChI is InChI=1S/C8H17NO2S2/c1-8(7-13-5-3-10)6-12-4-2-9-11/h8,10H,2-7H2,1H3. The van der Waals surface area contributed by atoms with Crippen LogP contribution in [0.1, 0.15) is 6.92 Å². The van der Waals surface area contributed by atoms with Gasteiger partial charge >= 0.3 is 0 Å². The van der Waals surface area contributed by atoms with Crippen LogP contribution in [0, 0.1) is 10.8 Å². The van der Waals surface area contributed by atoms with E-state index in [4.69, 9.17) is 5.11 Å². The first kappa shape index (κ1) is 13.3. The molecule has 0 spiro atoms.